The summed E-state index contributed by atoms with van der Waals surface area (Å²) in [6, 6.07) is 7.60. The molecule has 0 aliphatic rings. The van der Waals surface area contributed by atoms with Crippen LogP contribution in [-0.2, 0) is 0 Å². The van der Waals surface area contributed by atoms with Gasteiger partial charge in [0.1, 0.15) is 5.75 Å². The predicted molar refractivity (Wildman–Crippen MR) is 69.9 cm³/mol. The first kappa shape index (κ1) is 14.0. The lowest BCUT2D eigenvalue weighted by Crippen LogP contribution is -2.01. The number of alkyl halides is 2. The van der Waals surface area contributed by atoms with Gasteiger partial charge in [-0.25, -0.2) is 0 Å². The molecule has 8 heteroatoms. The van der Waals surface area contributed by atoms with Gasteiger partial charge in [-0.1, -0.05) is 12.1 Å². The van der Waals surface area contributed by atoms with Crippen LogP contribution >= 0.6 is 11.3 Å². The van der Waals surface area contributed by atoms with Crippen LogP contribution in [0.25, 0.3) is 21.6 Å². The summed E-state index contributed by atoms with van der Waals surface area (Å²) >= 11 is 1.11. The Labute approximate surface area is 116 Å². The number of nitrogens with zero attached hydrogens (tertiary/aromatic N) is 3. The Morgan fingerprint density at radius 2 is 2.20 bits per heavy atom. The number of benzene rings is 1. The summed E-state index contributed by atoms with van der Waals surface area (Å²) in [5, 5.41) is 4.67. The van der Waals surface area contributed by atoms with Gasteiger partial charge in [0.05, 0.1) is 4.88 Å². The first-order valence-electron chi connectivity index (χ1n) is 5.34. The maximum atomic E-state index is 12.2. The van der Waals surface area contributed by atoms with E-state index in [2.05, 4.69) is 14.8 Å². The molecule has 1 aromatic carbocycles. The van der Waals surface area contributed by atoms with Crippen LogP contribution in [0.2, 0.25) is 0 Å². The standard InChI is InChI=1S/C12H7F2N3O2S/c13-12(14)19-8-3-1-2-7(6-8)9-4-5-20-10(9)11(18)16-17-15/h1-6,12H. The summed E-state index contributed by atoms with van der Waals surface area (Å²) in [6.45, 7) is -2.92. The summed E-state index contributed by atoms with van der Waals surface area (Å²) in [7, 11) is 0. The van der Waals surface area contributed by atoms with Gasteiger partial charge in [-0.2, -0.15) is 8.78 Å². The Hall–Kier alpha value is -2.44. The Bertz CT molecular complexity index is 681. The summed E-state index contributed by atoms with van der Waals surface area (Å²) in [6.07, 6.45) is 0. The number of azide groups is 1. The van der Waals surface area contributed by atoms with Crippen molar-refractivity contribution in [3.8, 4) is 16.9 Å². The van der Waals surface area contributed by atoms with Crippen LogP contribution in [0, 0.1) is 0 Å². The number of ether oxygens (including phenoxy) is 1. The smallest absolute Gasteiger partial charge is 0.387 e. The summed E-state index contributed by atoms with van der Waals surface area (Å²) in [4.78, 5) is 14.3. The third-order valence-electron chi connectivity index (χ3n) is 2.37. The van der Waals surface area contributed by atoms with Gasteiger partial charge in [0.2, 0.25) is 0 Å². The van der Waals surface area contributed by atoms with E-state index in [4.69, 9.17) is 5.53 Å². The van der Waals surface area contributed by atoms with E-state index in [1.165, 1.54) is 18.2 Å². The molecule has 0 bridgehead atoms. The predicted octanol–water partition coefficient (Wildman–Crippen LogP) is 4.47. The second-order valence-electron chi connectivity index (χ2n) is 3.56. The number of thiophene rings is 1. The van der Waals surface area contributed by atoms with Gasteiger partial charge in [0.15, 0.2) is 0 Å². The number of rotatable bonds is 4. The second kappa shape index (κ2) is 6.14. The van der Waals surface area contributed by atoms with Crippen molar-refractivity contribution in [3.63, 3.8) is 0 Å². The first-order chi connectivity index (χ1) is 9.61. The van der Waals surface area contributed by atoms with Gasteiger partial charge < -0.3 is 4.74 Å². The molecule has 5 nitrogen and oxygen atoms in total. The summed E-state index contributed by atoms with van der Waals surface area (Å²) < 4.78 is 28.7. The number of carbonyl (C=O) groups is 1. The number of halogens is 2. The topological polar surface area (TPSA) is 75.1 Å². The number of hydrogen-bond donors (Lipinski definition) is 0. The lowest BCUT2D eigenvalue weighted by atomic mass is 10.1. The van der Waals surface area contributed by atoms with Crippen LogP contribution in [0.4, 0.5) is 8.78 Å². The molecular weight excluding hydrogens is 288 g/mol. The largest absolute Gasteiger partial charge is 0.435 e. The van der Waals surface area contributed by atoms with E-state index in [9.17, 15) is 13.6 Å². The number of carbonyl (C=O) groups excluding carboxylic acids is 1. The van der Waals surface area contributed by atoms with Gasteiger partial charge in [-0.3, -0.25) is 4.79 Å². The minimum atomic E-state index is -2.92. The van der Waals surface area contributed by atoms with E-state index in [-0.39, 0.29) is 10.6 Å². The maximum absolute atomic E-state index is 12.2. The van der Waals surface area contributed by atoms with E-state index in [1.807, 2.05) is 0 Å². The van der Waals surface area contributed by atoms with Gasteiger partial charge in [-0.15, -0.1) is 11.3 Å². The fraction of sp³-hybridized carbons (Fsp3) is 0.0833. The molecule has 0 spiro atoms. The molecule has 0 unspecified atom stereocenters. The Kier molecular flexibility index (Phi) is 4.29. The molecule has 102 valence electrons. The average molecular weight is 295 g/mol. The molecule has 0 saturated carbocycles. The molecule has 0 saturated heterocycles. The molecule has 2 rings (SSSR count). The van der Waals surface area contributed by atoms with Crippen molar-refractivity contribution in [2.45, 2.75) is 6.61 Å². The van der Waals surface area contributed by atoms with Crippen LogP contribution in [-0.4, -0.2) is 12.5 Å². The van der Waals surface area contributed by atoms with Crippen molar-refractivity contribution < 1.29 is 18.3 Å². The molecule has 1 aromatic heterocycles. The van der Waals surface area contributed by atoms with Crippen LogP contribution in [0.15, 0.2) is 40.8 Å². The summed E-state index contributed by atoms with van der Waals surface area (Å²) in [5.74, 6) is -0.719. The van der Waals surface area contributed by atoms with Crippen molar-refractivity contribution in [1.82, 2.24) is 0 Å². The quantitative estimate of drug-likeness (QED) is 0.474. The highest BCUT2D eigenvalue weighted by atomic mass is 32.1. The van der Waals surface area contributed by atoms with Crippen LogP contribution in [0.3, 0.4) is 0 Å². The molecule has 2 aromatic rings. The third-order valence-corrected chi connectivity index (χ3v) is 3.27. The van der Waals surface area contributed by atoms with Crippen molar-refractivity contribution in [2.75, 3.05) is 0 Å². The molecule has 20 heavy (non-hydrogen) atoms. The first-order valence-corrected chi connectivity index (χ1v) is 6.22. The van der Waals surface area contributed by atoms with E-state index in [0.29, 0.717) is 11.1 Å². The molecule has 1 heterocycles. The van der Waals surface area contributed by atoms with Gasteiger partial charge in [0.25, 0.3) is 5.91 Å². The highest BCUT2D eigenvalue weighted by Crippen LogP contribution is 2.31. The molecule has 0 fully saturated rings. The van der Waals surface area contributed by atoms with Crippen molar-refractivity contribution in [3.05, 3.63) is 51.0 Å². The number of amides is 1. The van der Waals surface area contributed by atoms with E-state index in [1.54, 1.807) is 17.5 Å². The molecular formula is C12H7F2N3O2S. The van der Waals surface area contributed by atoms with Gasteiger partial charge >= 0.3 is 6.61 Å². The minimum Gasteiger partial charge on any atom is -0.435 e. The average Bonchev–Trinajstić information content (AvgIpc) is 2.87. The van der Waals surface area contributed by atoms with Gasteiger partial charge in [-0.05, 0) is 39.8 Å². The Morgan fingerprint density at radius 1 is 1.40 bits per heavy atom. The highest BCUT2D eigenvalue weighted by molar-refractivity contribution is 7.12. The van der Waals surface area contributed by atoms with Crippen molar-refractivity contribution in [1.29, 1.82) is 0 Å². The fourth-order valence-electron chi connectivity index (χ4n) is 1.63. The summed E-state index contributed by atoms with van der Waals surface area (Å²) in [5.41, 5.74) is 9.31. The number of hydrogen-bond acceptors (Lipinski definition) is 3. The van der Waals surface area contributed by atoms with E-state index >= 15 is 0 Å². The van der Waals surface area contributed by atoms with Crippen LogP contribution in [0.5, 0.6) is 5.75 Å². The minimum absolute atomic E-state index is 0.00844. The van der Waals surface area contributed by atoms with Crippen molar-refractivity contribution in [2.24, 2.45) is 5.11 Å². The zero-order valence-corrected chi connectivity index (χ0v) is 10.7. The lowest BCUT2D eigenvalue weighted by molar-refractivity contribution is -0.0498. The Balaban J connectivity index is 2.39. The normalized spacial score (nSPS) is 10.2. The fourth-order valence-corrected chi connectivity index (χ4v) is 2.42. The molecule has 0 N–H and O–H groups in total. The molecule has 0 radical (unpaired) electrons. The Morgan fingerprint density at radius 3 is 2.90 bits per heavy atom. The third kappa shape index (κ3) is 3.11. The van der Waals surface area contributed by atoms with Crippen LogP contribution in [0.1, 0.15) is 9.67 Å². The second-order valence-corrected chi connectivity index (χ2v) is 4.48. The molecule has 1 amide bonds. The van der Waals surface area contributed by atoms with Crippen molar-refractivity contribution >= 4 is 17.2 Å². The SMILES string of the molecule is [N-]=[N+]=NC(=O)c1sccc1-c1cccc(OC(F)F)c1. The van der Waals surface area contributed by atoms with E-state index < -0.39 is 12.5 Å². The molecule has 0 atom stereocenters. The zero-order chi connectivity index (χ0) is 14.5. The lowest BCUT2D eigenvalue weighted by Gasteiger charge is -2.06. The highest BCUT2D eigenvalue weighted by Gasteiger charge is 2.14. The molecule has 0 aliphatic carbocycles. The van der Waals surface area contributed by atoms with E-state index in [0.717, 1.165) is 11.3 Å². The monoisotopic (exact) mass is 295 g/mol. The van der Waals surface area contributed by atoms with Gasteiger partial charge in [0, 0.05) is 10.5 Å². The van der Waals surface area contributed by atoms with Crippen LogP contribution < -0.4 is 4.74 Å². The zero-order valence-electron chi connectivity index (χ0n) is 9.86. The molecule has 0 aliphatic heterocycles. The maximum Gasteiger partial charge on any atom is 0.387 e.